The fourth-order valence-corrected chi connectivity index (χ4v) is 1.40. The minimum absolute atomic E-state index is 0.629. The molecule has 0 unspecified atom stereocenters. The maximum absolute atomic E-state index is 3.86. The van der Waals surface area contributed by atoms with E-state index in [1.165, 1.54) is 11.1 Å². The lowest BCUT2D eigenvalue weighted by Crippen LogP contribution is -2.13. The minimum atomic E-state index is 0.629. The van der Waals surface area contributed by atoms with E-state index in [1.807, 2.05) is 0 Å². The lowest BCUT2D eigenvalue weighted by molar-refractivity contribution is 0.663. The summed E-state index contributed by atoms with van der Waals surface area (Å²) in [6.07, 6.45) is 0. The number of rotatable bonds is 4. The summed E-state index contributed by atoms with van der Waals surface area (Å²) in [6, 6.07) is 8.39. The van der Waals surface area contributed by atoms with Crippen molar-refractivity contribution in [3.8, 4) is 0 Å². The van der Waals surface area contributed by atoms with E-state index in [9.17, 15) is 0 Å². The van der Waals surface area contributed by atoms with Gasteiger partial charge in [0.15, 0.2) is 5.82 Å². The number of benzene rings is 1. The predicted molar refractivity (Wildman–Crippen MR) is 55.9 cm³/mol. The van der Waals surface area contributed by atoms with Crippen molar-refractivity contribution in [1.29, 1.82) is 0 Å². The Morgan fingerprint density at radius 3 is 3.00 bits per heavy atom. The first-order valence-corrected chi connectivity index (χ1v) is 4.83. The second kappa shape index (κ2) is 4.65. The summed E-state index contributed by atoms with van der Waals surface area (Å²) in [5.41, 5.74) is 2.53. The molecule has 0 aliphatic heterocycles. The number of aromatic amines is 1. The van der Waals surface area contributed by atoms with E-state index >= 15 is 0 Å². The average molecular weight is 203 g/mol. The number of hydrogen-bond donors (Lipinski definition) is 2. The van der Waals surface area contributed by atoms with Crippen molar-refractivity contribution in [1.82, 2.24) is 25.9 Å². The van der Waals surface area contributed by atoms with Crippen LogP contribution in [0.15, 0.2) is 24.3 Å². The molecule has 0 bridgehead atoms. The number of H-pyrrole nitrogens is 1. The van der Waals surface area contributed by atoms with Crippen LogP contribution in [-0.4, -0.2) is 20.6 Å². The Bertz CT molecular complexity index is 410. The van der Waals surface area contributed by atoms with Crippen LogP contribution in [0.4, 0.5) is 0 Å². The highest BCUT2D eigenvalue weighted by Gasteiger charge is 1.97. The first kappa shape index (κ1) is 9.79. The fraction of sp³-hybridized carbons (Fsp3) is 0.300. The largest absolute Gasteiger partial charge is 0.306 e. The molecule has 2 N–H and O–H groups in total. The number of hydrogen-bond acceptors (Lipinski definition) is 4. The maximum Gasteiger partial charge on any atom is 0.188 e. The highest BCUT2D eigenvalue weighted by molar-refractivity contribution is 5.21. The summed E-state index contributed by atoms with van der Waals surface area (Å²) < 4.78 is 0. The van der Waals surface area contributed by atoms with Crippen LogP contribution in [-0.2, 0) is 13.1 Å². The van der Waals surface area contributed by atoms with Crippen LogP contribution >= 0.6 is 0 Å². The SMILES string of the molecule is Cc1cccc(CNCc2nn[nH]n2)c1. The Morgan fingerprint density at radius 1 is 1.33 bits per heavy atom. The Morgan fingerprint density at radius 2 is 2.27 bits per heavy atom. The molecule has 0 spiro atoms. The zero-order valence-electron chi connectivity index (χ0n) is 8.57. The quantitative estimate of drug-likeness (QED) is 0.771. The average Bonchev–Trinajstić information content (AvgIpc) is 2.71. The minimum Gasteiger partial charge on any atom is -0.306 e. The summed E-state index contributed by atoms with van der Waals surface area (Å²) in [5.74, 6) is 0.683. The van der Waals surface area contributed by atoms with E-state index in [4.69, 9.17) is 0 Å². The third kappa shape index (κ3) is 2.85. The maximum atomic E-state index is 3.86. The summed E-state index contributed by atoms with van der Waals surface area (Å²) in [5, 5.41) is 16.9. The van der Waals surface area contributed by atoms with Gasteiger partial charge in [-0.25, -0.2) is 0 Å². The topological polar surface area (TPSA) is 66.5 Å². The van der Waals surface area contributed by atoms with Crippen molar-refractivity contribution >= 4 is 0 Å². The van der Waals surface area contributed by atoms with Crippen LogP contribution in [0.1, 0.15) is 17.0 Å². The zero-order chi connectivity index (χ0) is 10.5. The van der Waals surface area contributed by atoms with Crippen LogP contribution in [0.25, 0.3) is 0 Å². The second-order valence-corrected chi connectivity index (χ2v) is 3.42. The lowest BCUT2D eigenvalue weighted by atomic mass is 10.1. The van der Waals surface area contributed by atoms with Crippen molar-refractivity contribution in [3.05, 3.63) is 41.2 Å². The number of aromatic nitrogens is 4. The van der Waals surface area contributed by atoms with Gasteiger partial charge in [-0.05, 0) is 12.5 Å². The van der Waals surface area contributed by atoms with Crippen LogP contribution in [0.2, 0.25) is 0 Å². The lowest BCUT2D eigenvalue weighted by Gasteiger charge is -2.02. The van der Waals surface area contributed by atoms with Crippen LogP contribution < -0.4 is 5.32 Å². The molecule has 0 amide bonds. The van der Waals surface area contributed by atoms with Gasteiger partial charge >= 0.3 is 0 Å². The van der Waals surface area contributed by atoms with Gasteiger partial charge in [0.05, 0.1) is 6.54 Å². The molecular weight excluding hydrogens is 190 g/mol. The van der Waals surface area contributed by atoms with Gasteiger partial charge < -0.3 is 5.32 Å². The molecule has 0 saturated heterocycles. The first-order chi connectivity index (χ1) is 7.34. The molecule has 0 saturated carbocycles. The number of tetrazole rings is 1. The molecule has 15 heavy (non-hydrogen) atoms. The molecule has 0 aliphatic carbocycles. The van der Waals surface area contributed by atoms with Gasteiger partial charge in [-0.2, -0.15) is 5.21 Å². The van der Waals surface area contributed by atoms with Crippen molar-refractivity contribution in [3.63, 3.8) is 0 Å². The third-order valence-electron chi connectivity index (χ3n) is 2.08. The highest BCUT2D eigenvalue weighted by Crippen LogP contribution is 2.03. The van der Waals surface area contributed by atoms with Crippen LogP contribution in [0, 0.1) is 6.92 Å². The van der Waals surface area contributed by atoms with Gasteiger partial charge in [0, 0.05) is 6.54 Å². The van der Waals surface area contributed by atoms with E-state index in [2.05, 4.69) is 57.1 Å². The third-order valence-corrected chi connectivity index (χ3v) is 2.08. The molecule has 1 aromatic heterocycles. The molecule has 2 rings (SSSR count). The van der Waals surface area contributed by atoms with Crippen molar-refractivity contribution in [2.75, 3.05) is 0 Å². The van der Waals surface area contributed by atoms with E-state index in [1.54, 1.807) is 0 Å². The molecule has 1 heterocycles. The van der Waals surface area contributed by atoms with Gasteiger partial charge in [0.25, 0.3) is 0 Å². The normalized spacial score (nSPS) is 10.5. The fourth-order valence-electron chi connectivity index (χ4n) is 1.40. The summed E-state index contributed by atoms with van der Waals surface area (Å²) >= 11 is 0. The van der Waals surface area contributed by atoms with Crippen molar-refractivity contribution in [2.45, 2.75) is 20.0 Å². The Kier molecular flexibility index (Phi) is 3.04. The molecule has 2 aromatic rings. The summed E-state index contributed by atoms with van der Waals surface area (Å²) in [4.78, 5) is 0. The molecule has 78 valence electrons. The van der Waals surface area contributed by atoms with Gasteiger partial charge in [-0.3, -0.25) is 0 Å². The monoisotopic (exact) mass is 203 g/mol. The van der Waals surface area contributed by atoms with Crippen LogP contribution in [0.5, 0.6) is 0 Å². The number of nitrogens with one attached hydrogen (secondary N) is 2. The molecule has 0 fully saturated rings. The molecule has 0 aliphatic rings. The Labute approximate surface area is 87.9 Å². The molecule has 5 heteroatoms. The molecule has 1 aromatic carbocycles. The van der Waals surface area contributed by atoms with Gasteiger partial charge in [-0.1, -0.05) is 35.0 Å². The van der Waals surface area contributed by atoms with E-state index < -0.39 is 0 Å². The molecular formula is C10H13N5. The van der Waals surface area contributed by atoms with E-state index in [0.29, 0.717) is 12.4 Å². The highest BCUT2D eigenvalue weighted by atomic mass is 15.5. The standard InChI is InChI=1S/C10H13N5/c1-8-3-2-4-9(5-8)6-11-7-10-12-14-15-13-10/h2-5,11H,6-7H2,1H3,(H,12,13,14,15). The van der Waals surface area contributed by atoms with E-state index in [-0.39, 0.29) is 0 Å². The van der Waals surface area contributed by atoms with Gasteiger partial charge in [0.1, 0.15) is 0 Å². The Balaban J connectivity index is 1.83. The summed E-state index contributed by atoms with van der Waals surface area (Å²) in [7, 11) is 0. The van der Waals surface area contributed by atoms with Crippen LogP contribution in [0.3, 0.4) is 0 Å². The Hall–Kier alpha value is -1.75. The smallest absolute Gasteiger partial charge is 0.188 e. The van der Waals surface area contributed by atoms with E-state index in [0.717, 1.165) is 6.54 Å². The van der Waals surface area contributed by atoms with Crippen molar-refractivity contribution in [2.24, 2.45) is 0 Å². The predicted octanol–water partition coefficient (Wildman–Crippen LogP) is 0.798. The molecule has 5 nitrogen and oxygen atoms in total. The zero-order valence-corrected chi connectivity index (χ0v) is 8.57. The first-order valence-electron chi connectivity index (χ1n) is 4.83. The molecule has 0 atom stereocenters. The van der Waals surface area contributed by atoms with Gasteiger partial charge in [0.2, 0.25) is 0 Å². The molecule has 0 radical (unpaired) electrons. The number of nitrogens with zero attached hydrogens (tertiary/aromatic N) is 3. The van der Waals surface area contributed by atoms with Crippen molar-refractivity contribution < 1.29 is 0 Å². The second-order valence-electron chi connectivity index (χ2n) is 3.42. The summed E-state index contributed by atoms with van der Waals surface area (Å²) in [6.45, 7) is 3.53. The number of aryl methyl sites for hydroxylation is 1. The van der Waals surface area contributed by atoms with Gasteiger partial charge in [-0.15, -0.1) is 10.2 Å².